The second-order valence-electron chi connectivity index (χ2n) is 9.39. The minimum Gasteiger partial charge on any atom is -0.480 e. The molecule has 10 heteroatoms. The quantitative estimate of drug-likeness (QED) is 0.256. The van der Waals surface area contributed by atoms with Crippen LogP contribution in [0.25, 0.3) is 0 Å². The van der Waals surface area contributed by atoms with Crippen molar-refractivity contribution in [3.63, 3.8) is 0 Å². The van der Waals surface area contributed by atoms with Crippen molar-refractivity contribution in [3.05, 3.63) is 30.3 Å². The van der Waals surface area contributed by atoms with Gasteiger partial charge < -0.3 is 25.2 Å². The summed E-state index contributed by atoms with van der Waals surface area (Å²) in [4.78, 5) is 39.4. The summed E-state index contributed by atoms with van der Waals surface area (Å²) in [6, 6.07) is 8.39. The fraction of sp³-hybridized carbons (Fsp3) is 0.565. The highest BCUT2D eigenvalue weighted by atomic mass is 16.6. The van der Waals surface area contributed by atoms with Gasteiger partial charge in [-0.3, -0.25) is 5.32 Å². The van der Waals surface area contributed by atoms with Crippen LogP contribution in [0.4, 0.5) is 15.3 Å². The molecule has 0 bridgehead atoms. The first-order chi connectivity index (χ1) is 15.2. The van der Waals surface area contributed by atoms with Gasteiger partial charge in [-0.2, -0.15) is 0 Å². The molecule has 0 spiro atoms. The van der Waals surface area contributed by atoms with Crippen LogP contribution < -0.4 is 16.0 Å². The van der Waals surface area contributed by atoms with Crippen LogP contribution in [-0.2, 0) is 14.3 Å². The Morgan fingerprint density at radius 1 is 0.970 bits per heavy atom. The van der Waals surface area contributed by atoms with Gasteiger partial charge in [-0.15, -0.1) is 4.99 Å². The number of alkyl carbamates (subject to hydrolysis) is 1. The van der Waals surface area contributed by atoms with Gasteiger partial charge in [0.2, 0.25) is 5.96 Å². The molecule has 1 atom stereocenters. The molecule has 1 unspecified atom stereocenters. The molecule has 0 fully saturated rings. The zero-order valence-corrected chi connectivity index (χ0v) is 20.2. The minimum absolute atomic E-state index is 0.101. The number of rotatable bonds is 8. The molecule has 0 heterocycles. The number of carbonyl (C=O) groups excluding carboxylic acids is 2. The average molecular weight is 465 g/mol. The molecule has 0 saturated carbocycles. The number of unbranched alkanes of at least 4 members (excludes halogenated alkanes) is 1. The van der Waals surface area contributed by atoms with E-state index < -0.39 is 35.4 Å². The van der Waals surface area contributed by atoms with Crippen molar-refractivity contribution in [2.45, 2.75) is 78.0 Å². The maximum absolute atomic E-state index is 12.1. The smallest absolute Gasteiger partial charge is 0.437 e. The van der Waals surface area contributed by atoms with Crippen molar-refractivity contribution < 1.29 is 29.0 Å². The largest absolute Gasteiger partial charge is 0.480 e. The fourth-order valence-electron chi connectivity index (χ4n) is 2.56. The summed E-state index contributed by atoms with van der Waals surface area (Å²) in [5.74, 6) is -1.04. The lowest BCUT2D eigenvalue weighted by Crippen LogP contribution is -2.44. The number of benzene rings is 1. The van der Waals surface area contributed by atoms with Crippen LogP contribution in [0.3, 0.4) is 0 Å². The van der Waals surface area contributed by atoms with Crippen molar-refractivity contribution in [2.24, 2.45) is 4.99 Å². The first kappa shape index (κ1) is 27.7. The van der Waals surface area contributed by atoms with Gasteiger partial charge in [-0.05, 0) is 72.9 Å². The zero-order valence-electron chi connectivity index (χ0n) is 20.2. The third kappa shape index (κ3) is 13.7. The number of ether oxygens (including phenoxy) is 2. The highest BCUT2D eigenvalue weighted by Gasteiger charge is 2.20. The molecule has 1 aromatic rings. The predicted octanol–water partition coefficient (Wildman–Crippen LogP) is 4.13. The summed E-state index contributed by atoms with van der Waals surface area (Å²) in [7, 11) is 0. The fourth-order valence-corrected chi connectivity index (χ4v) is 2.56. The summed E-state index contributed by atoms with van der Waals surface area (Å²) >= 11 is 0. The number of anilines is 1. The SMILES string of the molecule is CC(C)(C)OC(=O)N=C(NCCCCC(Nc1ccccc1)C(=O)O)NC(=O)OC(C)(C)C. The topological polar surface area (TPSA) is 138 Å². The van der Waals surface area contributed by atoms with Gasteiger partial charge in [0.25, 0.3) is 0 Å². The van der Waals surface area contributed by atoms with Crippen molar-refractivity contribution in [2.75, 3.05) is 11.9 Å². The lowest BCUT2D eigenvalue weighted by Gasteiger charge is -2.21. The van der Waals surface area contributed by atoms with Crippen LogP contribution in [0, 0.1) is 0 Å². The third-order valence-electron chi connectivity index (χ3n) is 3.84. The normalized spacial score (nSPS) is 13.0. The highest BCUT2D eigenvalue weighted by Crippen LogP contribution is 2.12. The number of amides is 2. The number of hydrogen-bond donors (Lipinski definition) is 4. The van der Waals surface area contributed by atoms with Crippen molar-refractivity contribution in [3.8, 4) is 0 Å². The number of hydrogen-bond acceptors (Lipinski definition) is 6. The van der Waals surface area contributed by atoms with Crippen molar-refractivity contribution >= 4 is 29.8 Å². The van der Waals surface area contributed by atoms with E-state index in [1.807, 2.05) is 18.2 Å². The van der Waals surface area contributed by atoms with E-state index in [0.29, 0.717) is 25.8 Å². The first-order valence-electron chi connectivity index (χ1n) is 10.8. The summed E-state index contributed by atoms with van der Waals surface area (Å²) in [5.41, 5.74) is -0.732. The number of para-hydroxylation sites is 1. The van der Waals surface area contributed by atoms with E-state index >= 15 is 0 Å². The van der Waals surface area contributed by atoms with Crippen molar-refractivity contribution in [1.82, 2.24) is 10.6 Å². The molecule has 1 aromatic carbocycles. The Balaban J connectivity index is 2.63. The molecule has 2 amide bonds. The standard InChI is InChI=1S/C23H36N4O6/c1-22(2,3)32-20(30)26-19(27-21(31)33-23(4,5)6)24-15-11-10-14-17(18(28)29)25-16-12-8-7-9-13-16/h7-9,12-13,17,25H,10-11,14-15H2,1-6H3,(H,28,29)(H2,24,26,27,30,31). The lowest BCUT2D eigenvalue weighted by molar-refractivity contribution is -0.138. The molecule has 0 aromatic heterocycles. The summed E-state index contributed by atoms with van der Waals surface area (Å²) in [6.07, 6.45) is -0.0851. The van der Waals surface area contributed by atoms with E-state index in [1.54, 1.807) is 53.7 Å². The maximum atomic E-state index is 12.1. The number of carbonyl (C=O) groups is 3. The Morgan fingerprint density at radius 3 is 2.12 bits per heavy atom. The number of nitrogens with zero attached hydrogens (tertiary/aromatic N) is 1. The molecular formula is C23H36N4O6. The monoisotopic (exact) mass is 464 g/mol. The molecule has 4 N–H and O–H groups in total. The number of guanidine groups is 1. The molecule has 0 aliphatic carbocycles. The van der Waals surface area contributed by atoms with Gasteiger partial charge in [0, 0.05) is 12.2 Å². The summed E-state index contributed by atoms with van der Waals surface area (Å²) in [6.45, 7) is 10.6. The molecule has 33 heavy (non-hydrogen) atoms. The average Bonchev–Trinajstić information content (AvgIpc) is 2.64. The molecule has 1 rings (SSSR count). The number of aliphatic imine (C=N–C) groups is 1. The number of carboxylic acids is 1. The van der Waals surface area contributed by atoms with Gasteiger partial charge in [0.15, 0.2) is 0 Å². The number of aliphatic carboxylic acids is 1. The van der Waals surface area contributed by atoms with Gasteiger partial charge in [-0.1, -0.05) is 18.2 Å². The minimum atomic E-state index is -0.939. The number of nitrogens with one attached hydrogen (secondary N) is 3. The Bertz CT molecular complexity index is 812. The van der Waals surface area contributed by atoms with Crippen LogP contribution >= 0.6 is 0 Å². The van der Waals surface area contributed by atoms with Crippen LogP contribution in [0.1, 0.15) is 60.8 Å². The van der Waals surface area contributed by atoms with E-state index in [1.165, 1.54) is 0 Å². The first-order valence-corrected chi connectivity index (χ1v) is 10.8. The molecule has 0 radical (unpaired) electrons. The molecule has 184 valence electrons. The van der Waals surface area contributed by atoms with Crippen LogP contribution in [0.5, 0.6) is 0 Å². The van der Waals surface area contributed by atoms with Crippen LogP contribution in [-0.4, -0.2) is 53.0 Å². The molecule has 0 aliphatic heterocycles. The van der Waals surface area contributed by atoms with Gasteiger partial charge in [0.1, 0.15) is 17.2 Å². The molecular weight excluding hydrogens is 428 g/mol. The third-order valence-corrected chi connectivity index (χ3v) is 3.84. The molecule has 0 saturated heterocycles. The van der Waals surface area contributed by atoms with Gasteiger partial charge in [0.05, 0.1) is 0 Å². The van der Waals surface area contributed by atoms with E-state index in [9.17, 15) is 19.5 Å². The van der Waals surface area contributed by atoms with E-state index in [-0.39, 0.29) is 5.96 Å². The van der Waals surface area contributed by atoms with Gasteiger partial charge in [-0.25, -0.2) is 14.4 Å². The van der Waals surface area contributed by atoms with Crippen LogP contribution in [0.2, 0.25) is 0 Å². The maximum Gasteiger partial charge on any atom is 0.437 e. The second kappa shape index (κ2) is 12.7. The zero-order chi connectivity index (χ0) is 25.1. The predicted molar refractivity (Wildman–Crippen MR) is 126 cm³/mol. The van der Waals surface area contributed by atoms with E-state index in [4.69, 9.17) is 9.47 Å². The Morgan fingerprint density at radius 2 is 1.58 bits per heavy atom. The molecule has 0 aliphatic rings. The highest BCUT2D eigenvalue weighted by molar-refractivity contribution is 5.98. The number of carboxylic acid groups (broad SMARTS) is 1. The Kier molecular flexibility index (Phi) is 10.6. The van der Waals surface area contributed by atoms with Crippen LogP contribution in [0.15, 0.2) is 35.3 Å². The van der Waals surface area contributed by atoms with Gasteiger partial charge >= 0.3 is 18.2 Å². The Labute approximate surface area is 195 Å². The van der Waals surface area contributed by atoms with Crippen molar-refractivity contribution in [1.29, 1.82) is 0 Å². The second-order valence-corrected chi connectivity index (χ2v) is 9.39. The van der Waals surface area contributed by atoms with E-state index in [0.717, 1.165) is 5.69 Å². The summed E-state index contributed by atoms with van der Waals surface area (Å²) < 4.78 is 10.4. The summed E-state index contributed by atoms with van der Waals surface area (Å²) in [5, 5.41) is 17.7. The Hall–Kier alpha value is -3.30. The lowest BCUT2D eigenvalue weighted by atomic mass is 10.1. The molecule has 10 nitrogen and oxygen atoms in total. The van der Waals surface area contributed by atoms with E-state index in [2.05, 4.69) is 20.9 Å².